The number of hydrogen-bond donors (Lipinski definition) is 1. The van der Waals surface area contributed by atoms with Gasteiger partial charge in [-0.15, -0.1) is 0 Å². The van der Waals surface area contributed by atoms with E-state index in [1.54, 1.807) is 11.6 Å². The smallest absolute Gasteiger partial charge is 0.235 e. The molecule has 0 aliphatic carbocycles. The largest absolute Gasteiger partial charge is 0.456 e. The number of ether oxygens (including phenoxy) is 1. The molecule has 0 aromatic heterocycles. The number of nitrogens with zero attached hydrogens (tertiary/aromatic N) is 1. The molecule has 4 rings (SSSR count). The maximum Gasteiger partial charge on any atom is 0.235 e. The third-order valence-electron chi connectivity index (χ3n) is 4.52. The average molecular weight is 400 g/mol. The summed E-state index contributed by atoms with van der Waals surface area (Å²) in [5.74, 6) is 4.37. The van der Waals surface area contributed by atoms with Crippen molar-refractivity contribution in [2.45, 2.75) is 6.92 Å². The molecule has 1 aliphatic heterocycles. The summed E-state index contributed by atoms with van der Waals surface area (Å²) in [5, 5.41) is 7.31. The maximum atomic E-state index is 13.7. The first kappa shape index (κ1) is 19.0. The fraction of sp³-hybridized carbons (Fsp3) is 0.0417. The maximum absolute atomic E-state index is 13.7. The van der Waals surface area contributed by atoms with Crippen molar-refractivity contribution in [1.29, 1.82) is 0 Å². The van der Waals surface area contributed by atoms with E-state index in [9.17, 15) is 4.57 Å². The lowest BCUT2D eigenvalue weighted by Crippen LogP contribution is -2.08. The van der Waals surface area contributed by atoms with Gasteiger partial charge in [0.05, 0.1) is 5.71 Å². The van der Waals surface area contributed by atoms with Gasteiger partial charge in [-0.05, 0) is 12.5 Å². The molecule has 0 unspecified atom stereocenters. The summed E-state index contributed by atoms with van der Waals surface area (Å²) in [7, 11) is -3.12. The number of benzene rings is 3. The van der Waals surface area contributed by atoms with Gasteiger partial charge in [0.1, 0.15) is 11.5 Å². The van der Waals surface area contributed by atoms with Crippen LogP contribution in [-0.2, 0) is 9.30 Å². The van der Waals surface area contributed by atoms with E-state index in [2.05, 4.69) is 10.3 Å². The van der Waals surface area contributed by atoms with E-state index in [-0.39, 0.29) is 0 Å². The van der Waals surface area contributed by atoms with Crippen LogP contribution in [0.15, 0.2) is 108 Å². The average Bonchev–Trinajstić information content (AvgIpc) is 2.79. The number of hydrazone groups is 1. The first-order chi connectivity index (χ1) is 14.1. The van der Waals surface area contributed by atoms with Crippen LogP contribution in [0.1, 0.15) is 23.6 Å². The Morgan fingerprint density at radius 1 is 0.759 bits per heavy atom. The van der Waals surface area contributed by atoms with E-state index in [0.717, 1.165) is 22.4 Å². The fourth-order valence-corrected chi connectivity index (χ4v) is 4.58. The molecule has 0 radical (unpaired) electrons. The van der Waals surface area contributed by atoms with Crippen LogP contribution in [0.3, 0.4) is 0 Å². The first-order valence-corrected chi connectivity index (χ1v) is 11.2. The molecule has 1 aliphatic rings. The van der Waals surface area contributed by atoms with Gasteiger partial charge in [-0.1, -0.05) is 91.0 Å². The Hall–Kier alpha value is -3.36. The highest BCUT2D eigenvalue weighted by molar-refractivity contribution is 7.68. The second kappa shape index (κ2) is 8.34. The summed E-state index contributed by atoms with van der Waals surface area (Å²) in [6.45, 7) is 1.89. The summed E-state index contributed by atoms with van der Waals surface area (Å²) in [4.78, 5) is 0. The molecule has 1 N–H and O–H groups in total. The Balaban J connectivity index is 1.71. The van der Waals surface area contributed by atoms with E-state index in [1.807, 2.05) is 97.9 Å². The molecule has 0 bridgehead atoms. The molecule has 4 nitrogen and oxygen atoms in total. The highest BCUT2D eigenvalue weighted by Crippen LogP contribution is 2.53. The van der Waals surface area contributed by atoms with Crippen LogP contribution in [0.2, 0.25) is 0 Å². The van der Waals surface area contributed by atoms with Gasteiger partial charge < -0.3 is 4.74 Å². The van der Waals surface area contributed by atoms with E-state index < -0.39 is 7.29 Å². The zero-order valence-electron chi connectivity index (χ0n) is 16.0. The SMILES string of the molecule is C/C(=N/NP1(=O)C=C(c2ccccc2)OC(c2ccccc2)=C1)c1ccccc1. The second-order valence-electron chi connectivity index (χ2n) is 6.69. The number of nitrogens with one attached hydrogen (secondary N) is 1. The summed E-state index contributed by atoms with van der Waals surface area (Å²) in [6, 6.07) is 29.1. The minimum absolute atomic E-state index is 0.551. The quantitative estimate of drug-likeness (QED) is 0.310. The van der Waals surface area contributed by atoms with Gasteiger partial charge in [-0.3, -0.25) is 9.76 Å². The Labute approximate surface area is 170 Å². The minimum atomic E-state index is -3.12. The van der Waals surface area contributed by atoms with Gasteiger partial charge >= 0.3 is 0 Å². The van der Waals surface area contributed by atoms with Gasteiger partial charge in [0, 0.05) is 22.8 Å². The van der Waals surface area contributed by atoms with Crippen molar-refractivity contribution in [2.75, 3.05) is 0 Å². The molecule has 29 heavy (non-hydrogen) atoms. The molecule has 3 aromatic carbocycles. The van der Waals surface area contributed by atoms with Gasteiger partial charge in [0.2, 0.25) is 7.29 Å². The van der Waals surface area contributed by atoms with E-state index >= 15 is 0 Å². The third kappa shape index (κ3) is 4.56. The Bertz CT molecular complexity index is 1060. The lowest BCUT2D eigenvalue weighted by Gasteiger charge is -2.22. The summed E-state index contributed by atoms with van der Waals surface area (Å²) >= 11 is 0. The van der Waals surface area contributed by atoms with Crippen molar-refractivity contribution >= 4 is 24.5 Å². The van der Waals surface area contributed by atoms with Crippen LogP contribution in [-0.4, -0.2) is 5.71 Å². The number of hydrogen-bond acceptors (Lipinski definition) is 3. The van der Waals surface area contributed by atoms with E-state index in [1.165, 1.54) is 0 Å². The van der Waals surface area contributed by atoms with Crippen molar-refractivity contribution < 1.29 is 9.30 Å². The molecule has 0 amide bonds. The molecule has 0 atom stereocenters. The Kier molecular flexibility index (Phi) is 5.46. The molecule has 0 saturated heterocycles. The molecule has 144 valence electrons. The zero-order chi connectivity index (χ0) is 20.1. The Morgan fingerprint density at radius 3 is 1.69 bits per heavy atom. The van der Waals surface area contributed by atoms with E-state index in [4.69, 9.17) is 4.74 Å². The lowest BCUT2D eigenvalue weighted by atomic mass is 10.1. The van der Waals surface area contributed by atoms with Crippen molar-refractivity contribution in [3.63, 3.8) is 0 Å². The molecular weight excluding hydrogens is 379 g/mol. The van der Waals surface area contributed by atoms with Crippen LogP contribution in [0.25, 0.3) is 11.5 Å². The molecular formula is C24H21N2O2P. The van der Waals surface area contributed by atoms with Crippen LogP contribution in [0.5, 0.6) is 0 Å². The predicted octanol–water partition coefficient (Wildman–Crippen LogP) is 6.31. The van der Waals surface area contributed by atoms with Crippen molar-refractivity contribution in [2.24, 2.45) is 5.10 Å². The van der Waals surface area contributed by atoms with Crippen molar-refractivity contribution in [1.82, 2.24) is 5.20 Å². The molecule has 3 aromatic rings. The molecule has 0 fully saturated rings. The Morgan fingerprint density at radius 2 is 1.21 bits per heavy atom. The summed E-state index contributed by atoms with van der Waals surface area (Å²) < 4.78 is 19.8. The van der Waals surface area contributed by atoms with Crippen LogP contribution >= 0.6 is 7.29 Å². The van der Waals surface area contributed by atoms with Gasteiger partial charge in [0.15, 0.2) is 0 Å². The van der Waals surface area contributed by atoms with Gasteiger partial charge in [-0.25, -0.2) is 0 Å². The third-order valence-corrected chi connectivity index (χ3v) is 6.17. The molecule has 1 heterocycles. The highest BCUT2D eigenvalue weighted by Gasteiger charge is 2.26. The topological polar surface area (TPSA) is 50.7 Å². The lowest BCUT2D eigenvalue weighted by molar-refractivity contribution is 0.468. The van der Waals surface area contributed by atoms with Crippen LogP contribution in [0, 0.1) is 0 Å². The fourth-order valence-electron chi connectivity index (χ4n) is 2.98. The standard InChI is InChI=1S/C24H21N2O2P/c1-19(20-11-5-2-6-12-20)25-26-29(27)17-23(21-13-7-3-8-14-21)28-24(18-29)22-15-9-4-10-16-22/h2-18H,1H3,(H,26,27)/b25-19-. The minimum Gasteiger partial charge on any atom is -0.456 e. The second-order valence-corrected chi connectivity index (χ2v) is 8.83. The van der Waals surface area contributed by atoms with Crippen LogP contribution < -0.4 is 5.20 Å². The zero-order valence-corrected chi connectivity index (χ0v) is 16.9. The normalized spacial score (nSPS) is 15.7. The van der Waals surface area contributed by atoms with Crippen LogP contribution in [0.4, 0.5) is 0 Å². The monoisotopic (exact) mass is 400 g/mol. The van der Waals surface area contributed by atoms with Gasteiger partial charge in [-0.2, -0.15) is 5.10 Å². The number of rotatable bonds is 5. The summed E-state index contributed by atoms with van der Waals surface area (Å²) in [5.41, 5.74) is 3.45. The summed E-state index contributed by atoms with van der Waals surface area (Å²) in [6.07, 6.45) is 0. The van der Waals surface area contributed by atoms with Crippen molar-refractivity contribution in [3.05, 3.63) is 119 Å². The first-order valence-electron chi connectivity index (χ1n) is 9.34. The van der Waals surface area contributed by atoms with Crippen molar-refractivity contribution in [3.8, 4) is 0 Å². The van der Waals surface area contributed by atoms with Gasteiger partial charge in [0.25, 0.3) is 0 Å². The molecule has 0 saturated carbocycles. The van der Waals surface area contributed by atoms with E-state index in [0.29, 0.717) is 11.5 Å². The molecule has 5 heteroatoms. The highest BCUT2D eigenvalue weighted by atomic mass is 31.2. The molecule has 0 spiro atoms. The predicted molar refractivity (Wildman–Crippen MR) is 119 cm³/mol.